The van der Waals surface area contributed by atoms with Crippen LogP contribution in [0.1, 0.15) is 30.1 Å². The average molecular weight is 394 g/mol. The molecule has 152 valence electrons. The van der Waals surface area contributed by atoms with Crippen molar-refractivity contribution in [3.63, 3.8) is 0 Å². The van der Waals surface area contributed by atoms with Crippen LogP contribution in [0.5, 0.6) is 0 Å². The van der Waals surface area contributed by atoms with Gasteiger partial charge < -0.3 is 14.5 Å². The summed E-state index contributed by atoms with van der Waals surface area (Å²) in [6.45, 7) is 4.01. The molecule has 0 spiro atoms. The van der Waals surface area contributed by atoms with Crippen molar-refractivity contribution in [1.29, 1.82) is 0 Å². The molecule has 0 unspecified atom stereocenters. The summed E-state index contributed by atoms with van der Waals surface area (Å²) in [6, 6.07) is 17.6. The van der Waals surface area contributed by atoms with Crippen molar-refractivity contribution in [3.8, 4) is 11.1 Å². The lowest BCUT2D eigenvalue weighted by Crippen LogP contribution is -2.50. The number of esters is 1. The summed E-state index contributed by atoms with van der Waals surface area (Å²) >= 11 is 0. The van der Waals surface area contributed by atoms with Crippen molar-refractivity contribution in [2.45, 2.75) is 19.8 Å². The molecule has 0 atom stereocenters. The lowest BCUT2D eigenvalue weighted by atomic mass is 10.0. The Morgan fingerprint density at radius 2 is 1.38 bits per heavy atom. The molecule has 2 aromatic rings. The van der Waals surface area contributed by atoms with Crippen molar-refractivity contribution >= 4 is 17.8 Å². The van der Waals surface area contributed by atoms with Gasteiger partial charge in [-0.2, -0.15) is 0 Å². The zero-order valence-corrected chi connectivity index (χ0v) is 16.7. The zero-order valence-electron chi connectivity index (χ0n) is 16.7. The standard InChI is InChI=1S/C23H26N2O4/c1-2-29-22(27)13-12-21(26)24-14-16-25(17-15-24)23(28)20-10-8-19(9-11-20)18-6-4-3-5-7-18/h3-11H,2,12-17H2,1H3. The first-order valence-electron chi connectivity index (χ1n) is 9.96. The Labute approximate surface area is 171 Å². The van der Waals surface area contributed by atoms with Crippen LogP contribution in [0.2, 0.25) is 0 Å². The van der Waals surface area contributed by atoms with Crippen molar-refractivity contribution < 1.29 is 19.1 Å². The quantitative estimate of drug-likeness (QED) is 0.707. The summed E-state index contributed by atoms with van der Waals surface area (Å²) in [5, 5.41) is 0. The highest BCUT2D eigenvalue weighted by molar-refractivity contribution is 5.95. The topological polar surface area (TPSA) is 66.9 Å². The number of nitrogens with zero attached hydrogens (tertiary/aromatic N) is 2. The Balaban J connectivity index is 1.51. The third kappa shape index (κ3) is 5.44. The third-order valence-corrected chi connectivity index (χ3v) is 5.01. The van der Waals surface area contributed by atoms with E-state index in [0.29, 0.717) is 38.3 Å². The molecule has 3 rings (SSSR count). The summed E-state index contributed by atoms with van der Waals surface area (Å²) in [4.78, 5) is 39.9. The fourth-order valence-electron chi connectivity index (χ4n) is 3.38. The predicted octanol–water partition coefficient (Wildman–Crippen LogP) is 2.98. The first kappa shape index (κ1) is 20.6. The van der Waals surface area contributed by atoms with Crippen LogP contribution >= 0.6 is 0 Å². The van der Waals surface area contributed by atoms with Gasteiger partial charge in [-0.3, -0.25) is 14.4 Å². The van der Waals surface area contributed by atoms with Gasteiger partial charge >= 0.3 is 5.97 Å². The number of piperazine rings is 1. The van der Waals surface area contributed by atoms with E-state index in [9.17, 15) is 14.4 Å². The number of carbonyl (C=O) groups excluding carboxylic acids is 3. The Morgan fingerprint density at radius 1 is 0.793 bits per heavy atom. The summed E-state index contributed by atoms with van der Waals surface area (Å²) in [5.41, 5.74) is 2.83. The molecule has 1 fully saturated rings. The molecule has 6 nitrogen and oxygen atoms in total. The van der Waals surface area contributed by atoms with E-state index in [1.54, 1.807) is 16.7 Å². The molecule has 1 saturated heterocycles. The van der Waals surface area contributed by atoms with E-state index >= 15 is 0 Å². The normalized spacial score (nSPS) is 13.8. The first-order chi connectivity index (χ1) is 14.1. The second-order valence-electron chi connectivity index (χ2n) is 6.92. The molecular weight excluding hydrogens is 368 g/mol. The van der Waals surface area contributed by atoms with Gasteiger partial charge in [0.05, 0.1) is 13.0 Å². The molecular formula is C23H26N2O4. The maximum atomic E-state index is 12.8. The first-order valence-corrected chi connectivity index (χ1v) is 9.96. The van der Waals surface area contributed by atoms with Gasteiger partial charge in [-0.15, -0.1) is 0 Å². The van der Waals surface area contributed by atoms with E-state index in [2.05, 4.69) is 0 Å². The minimum absolute atomic E-state index is 0.0248. The summed E-state index contributed by atoms with van der Waals surface area (Å²) in [6.07, 6.45) is 0.243. The van der Waals surface area contributed by atoms with Crippen molar-refractivity contribution in [3.05, 3.63) is 60.2 Å². The van der Waals surface area contributed by atoms with Crippen LogP contribution in [-0.4, -0.2) is 60.4 Å². The van der Waals surface area contributed by atoms with E-state index in [1.807, 2.05) is 54.6 Å². The molecule has 2 amide bonds. The molecule has 1 heterocycles. The summed E-state index contributed by atoms with van der Waals surface area (Å²) in [7, 11) is 0. The van der Waals surface area contributed by atoms with Crippen LogP contribution in [0.25, 0.3) is 11.1 Å². The second kappa shape index (κ2) is 9.87. The fraction of sp³-hybridized carbons (Fsp3) is 0.348. The van der Waals surface area contributed by atoms with Crippen molar-refractivity contribution in [1.82, 2.24) is 9.80 Å². The van der Waals surface area contributed by atoms with Crippen LogP contribution in [0.4, 0.5) is 0 Å². The van der Waals surface area contributed by atoms with Gasteiger partial charge in [0.15, 0.2) is 0 Å². The van der Waals surface area contributed by atoms with E-state index in [0.717, 1.165) is 11.1 Å². The van der Waals surface area contributed by atoms with Crippen LogP contribution in [0, 0.1) is 0 Å². The Hall–Kier alpha value is -3.15. The van der Waals surface area contributed by atoms with Crippen LogP contribution in [0.15, 0.2) is 54.6 Å². The highest BCUT2D eigenvalue weighted by Gasteiger charge is 2.25. The van der Waals surface area contributed by atoms with Gasteiger partial charge in [0, 0.05) is 38.2 Å². The largest absolute Gasteiger partial charge is 0.466 e. The number of benzene rings is 2. The third-order valence-electron chi connectivity index (χ3n) is 5.01. The number of amides is 2. The van der Waals surface area contributed by atoms with Crippen molar-refractivity contribution in [2.24, 2.45) is 0 Å². The van der Waals surface area contributed by atoms with Gasteiger partial charge in [0.1, 0.15) is 0 Å². The van der Waals surface area contributed by atoms with E-state index in [1.165, 1.54) is 0 Å². The van der Waals surface area contributed by atoms with E-state index < -0.39 is 0 Å². The molecule has 0 aliphatic carbocycles. The van der Waals surface area contributed by atoms with Crippen molar-refractivity contribution in [2.75, 3.05) is 32.8 Å². The molecule has 6 heteroatoms. The number of hydrogen-bond donors (Lipinski definition) is 0. The lowest BCUT2D eigenvalue weighted by Gasteiger charge is -2.35. The lowest BCUT2D eigenvalue weighted by molar-refractivity contribution is -0.146. The Morgan fingerprint density at radius 3 is 2.00 bits per heavy atom. The molecule has 29 heavy (non-hydrogen) atoms. The Kier molecular flexibility index (Phi) is 7.00. The molecule has 0 N–H and O–H groups in total. The highest BCUT2D eigenvalue weighted by atomic mass is 16.5. The molecule has 0 bridgehead atoms. The van der Waals surface area contributed by atoms with Gasteiger partial charge in [-0.25, -0.2) is 0 Å². The van der Waals surface area contributed by atoms with E-state index in [4.69, 9.17) is 4.74 Å². The number of ether oxygens (including phenoxy) is 1. The minimum atomic E-state index is -0.353. The smallest absolute Gasteiger partial charge is 0.306 e. The second-order valence-corrected chi connectivity index (χ2v) is 6.92. The van der Waals surface area contributed by atoms with Gasteiger partial charge in [-0.1, -0.05) is 42.5 Å². The molecule has 2 aromatic carbocycles. The van der Waals surface area contributed by atoms with Gasteiger partial charge in [-0.05, 0) is 30.2 Å². The zero-order chi connectivity index (χ0) is 20.6. The maximum Gasteiger partial charge on any atom is 0.306 e. The van der Waals surface area contributed by atoms with Gasteiger partial charge in [0.25, 0.3) is 5.91 Å². The monoisotopic (exact) mass is 394 g/mol. The number of carbonyl (C=O) groups is 3. The number of hydrogen-bond acceptors (Lipinski definition) is 4. The molecule has 0 saturated carbocycles. The molecule has 0 radical (unpaired) electrons. The average Bonchev–Trinajstić information content (AvgIpc) is 2.78. The minimum Gasteiger partial charge on any atom is -0.466 e. The molecule has 0 aromatic heterocycles. The highest BCUT2D eigenvalue weighted by Crippen LogP contribution is 2.20. The summed E-state index contributed by atoms with van der Waals surface area (Å²) in [5.74, 6) is -0.450. The number of rotatable bonds is 6. The van der Waals surface area contributed by atoms with E-state index in [-0.39, 0.29) is 30.6 Å². The fourth-order valence-corrected chi connectivity index (χ4v) is 3.38. The SMILES string of the molecule is CCOC(=O)CCC(=O)N1CCN(C(=O)c2ccc(-c3ccccc3)cc2)CC1. The molecule has 1 aliphatic heterocycles. The van der Waals surface area contributed by atoms with Crippen LogP contribution in [-0.2, 0) is 14.3 Å². The maximum absolute atomic E-state index is 12.8. The molecule has 1 aliphatic rings. The predicted molar refractivity (Wildman–Crippen MR) is 110 cm³/mol. The summed E-state index contributed by atoms with van der Waals surface area (Å²) < 4.78 is 4.85. The Bertz CT molecular complexity index is 841. The van der Waals surface area contributed by atoms with Crippen LogP contribution in [0.3, 0.4) is 0 Å². The van der Waals surface area contributed by atoms with Gasteiger partial charge in [0.2, 0.25) is 5.91 Å². The van der Waals surface area contributed by atoms with Crippen LogP contribution < -0.4 is 0 Å².